The van der Waals surface area contributed by atoms with Crippen LogP contribution in [0.4, 0.5) is 0 Å². The van der Waals surface area contributed by atoms with Crippen LogP contribution in [0.2, 0.25) is 0 Å². The molecule has 0 bridgehead atoms. The van der Waals surface area contributed by atoms with Crippen LogP contribution in [0.1, 0.15) is 82.6 Å². The smallest absolute Gasteiger partial charge is 0.189 e. The van der Waals surface area contributed by atoms with Crippen LogP contribution in [-0.2, 0) is 18.3 Å². The lowest BCUT2D eigenvalue weighted by molar-refractivity contribution is 0.346. The maximum atomic E-state index is 10.0. The summed E-state index contributed by atoms with van der Waals surface area (Å²) >= 11 is 0. The predicted octanol–water partition coefficient (Wildman–Crippen LogP) is 4.34. The van der Waals surface area contributed by atoms with Crippen LogP contribution in [0.15, 0.2) is 6.07 Å². The first-order valence-corrected chi connectivity index (χ1v) is 10.4. The Morgan fingerprint density at radius 2 is 1.48 bits per heavy atom. The lowest BCUT2D eigenvalue weighted by Gasteiger charge is -2.28. The maximum absolute atomic E-state index is 10.0. The van der Waals surface area contributed by atoms with Crippen LogP contribution < -0.4 is 5.30 Å². The van der Waals surface area contributed by atoms with Gasteiger partial charge in [-0.1, -0.05) is 47.5 Å². The number of benzene rings is 1. The minimum atomic E-state index is -4.04. The van der Waals surface area contributed by atoms with Crippen molar-refractivity contribution in [2.75, 3.05) is 0 Å². The van der Waals surface area contributed by atoms with E-state index in [9.17, 15) is 14.7 Å². The van der Waals surface area contributed by atoms with Crippen LogP contribution in [0.3, 0.4) is 0 Å². The van der Waals surface area contributed by atoms with Crippen LogP contribution >= 0.6 is 7.94 Å². The maximum Gasteiger partial charge on any atom is 0.441 e. The molecule has 1 rings (SSSR count). The summed E-state index contributed by atoms with van der Waals surface area (Å²) in [6.07, 6.45) is 6.15. The third-order valence-electron chi connectivity index (χ3n) is 4.46. The van der Waals surface area contributed by atoms with E-state index in [1.807, 2.05) is 6.07 Å². The SMILES string of the molecule is CCCCc1cc([P+](O)(O)O)c(C(C)(C)C)c(CCCC)c1C. The summed E-state index contributed by atoms with van der Waals surface area (Å²) in [4.78, 5) is 30.1. The second-order valence-corrected chi connectivity index (χ2v) is 9.18. The summed E-state index contributed by atoms with van der Waals surface area (Å²) < 4.78 is 0. The molecule has 0 heterocycles. The number of hydrogen-bond donors (Lipinski definition) is 3. The lowest BCUT2D eigenvalue weighted by Crippen LogP contribution is -2.29. The summed E-state index contributed by atoms with van der Waals surface area (Å²) in [5.74, 6) is 0. The van der Waals surface area contributed by atoms with Crippen molar-refractivity contribution in [1.82, 2.24) is 0 Å². The molecule has 0 saturated heterocycles. The highest BCUT2D eigenvalue weighted by Crippen LogP contribution is 2.48. The molecule has 0 radical (unpaired) electrons. The second kappa shape index (κ2) is 8.07. The van der Waals surface area contributed by atoms with E-state index in [-0.39, 0.29) is 5.41 Å². The third kappa shape index (κ3) is 5.26. The monoisotopic (exact) mass is 341 g/mol. The number of aryl methyl sites for hydroxylation is 1. The molecule has 0 saturated carbocycles. The van der Waals surface area contributed by atoms with Crippen LogP contribution in [0, 0.1) is 6.92 Å². The normalized spacial score (nSPS) is 12.7. The van der Waals surface area contributed by atoms with Gasteiger partial charge in [0, 0.05) is 5.56 Å². The first kappa shape index (κ1) is 20.6. The van der Waals surface area contributed by atoms with E-state index in [1.54, 1.807) is 0 Å². The van der Waals surface area contributed by atoms with Crippen LogP contribution in [0.5, 0.6) is 0 Å². The predicted molar refractivity (Wildman–Crippen MR) is 100 cm³/mol. The molecule has 0 unspecified atom stereocenters. The summed E-state index contributed by atoms with van der Waals surface area (Å²) in [5.41, 5.74) is 4.27. The molecule has 0 aliphatic heterocycles. The number of unbranched alkanes of at least 4 members (excludes halogenated alkanes) is 2. The zero-order chi connectivity index (χ0) is 17.8. The molecule has 0 spiro atoms. The molecule has 3 N–H and O–H groups in total. The zero-order valence-electron chi connectivity index (χ0n) is 15.6. The third-order valence-corrected chi connectivity index (χ3v) is 5.46. The van der Waals surface area contributed by atoms with E-state index in [2.05, 4.69) is 41.5 Å². The largest absolute Gasteiger partial charge is 0.441 e. The van der Waals surface area contributed by atoms with Gasteiger partial charge in [-0.2, -0.15) is 14.7 Å². The van der Waals surface area contributed by atoms with Gasteiger partial charge in [0.1, 0.15) is 0 Å². The molecule has 1 aromatic rings. The lowest BCUT2D eigenvalue weighted by atomic mass is 9.79. The highest BCUT2D eigenvalue weighted by atomic mass is 31.2. The van der Waals surface area contributed by atoms with Gasteiger partial charge in [0.25, 0.3) is 0 Å². The minimum absolute atomic E-state index is 0.244. The van der Waals surface area contributed by atoms with Crippen molar-refractivity contribution in [2.24, 2.45) is 0 Å². The van der Waals surface area contributed by atoms with E-state index >= 15 is 0 Å². The highest BCUT2D eigenvalue weighted by Gasteiger charge is 2.42. The Morgan fingerprint density at radius 1 is 0.957 bits per heavy atom. The Balaban J connectivity index is 3.64. The topological polar surface area (TPSA) is 60.7 Å². The van der Waals surface area contributed by atoms with Crippen molar-refractivity contribution in [2.45, 2.75) is 85.5 Å². The van der Waals surface area contributed by atoms with Gasteiger partial charge in [-0.3, -0.25) is 0 Å². The summed E-state index contributed by atoms with van der Waals surface area (Å²) in [7, 11) is -4.04. The first-order valence-electron chi connectivity index (χ1n) is 8.77. The molecule has 0 aromatic heterocycles. The zero-order valence-corrected chi connectivity index (χ0v) is 16.5. The molecule has 0 fully saturated rings. The summed E-state index contributed by atoms with van der Waals surface area (Å²) in [6.45, 7) is 12.7. The minimum Gasteiger partial charge on any atom is -0.189 e. The van der Waals surface area contributed by atoms with Crippen molar-refractivity contribution in [1.29, 1.82) is 0 Å². The number of hydrogen-bond acceptors (Lipinski definition) is 3. The second-order valence-electron chi connectivity index (χ2n) is 7.56. The van der Waals surface area contributed by atoms with Gasteiger partial charge in [0.05, 0.1) is 0 Å². The number of rotatable bonds is 7. The van der Waals surface area contributed by atoms with E-state index < -0.39 is 7.94 Å². The standard InChI is InChI=1S/C19H34O3P/c1-7-9-11-15-13-17(23(20,21)22)18(19(4,5)6)16(14(15)3)12-10-8-2/h13,20-22H,7-12H2,1-6H3/q+1. The van der Waals surface area contributed by atoms with E-state index in [0.29, 0.717) is 5.30 Å². The molecule has 3 nitrogen and oxygen atoms in total. The van der Waals surface area contributed by atoms with Gasteiger partial charge in [-0.15, -0.1) is 0 Å². The Kier molecular flexibility index (Phi) is 7.22. The molecular formula is C19H34O3P+. The Bertz CT molecular complexity index is 525. The fraction of sp³-hybridized carbons (Fsp3) is 0.684. The van der Waals surface area contributed by atoms with Crippen LogP contribution in [-0.4, -0.2) is 14.7 Å². The van der Waals surface area contributed by atoms with E-state index in [0.717, 1.165) is 49.7 Å². The molecule has 132 valence electrons. The summed E-state index contributed by atoms with van der Waals surface area (Å²) in [5, 5.41) is 0.354. The van der Waals surface area contributed by atoms with Gasteiger partial charge in [0.2, 0.25) is 0 Å². The van der Waals surface area contributed by atoms with Crippen molar-refractivity contribution < 1.29 is 14.7 Å². The van der Waals surface area contributed by atoms with Crippen molar-refractivity contribution in [3.8, 4) is 0 Å². The van der Waals surface area contributed by atoms with Crippen molar-refractivity contribution in [3.05, 3.63) is 28.3 Å². The molecule has 0 aliphatic rings. The first-order chi connectivity index (χ1) is 10.5. The highest BCUT2D eigenvalue weighted by molar-refractivity contribution is 7.66. The average Bonchev–Trinajstić information content (AvgIpc) is 2.41. The molecule has 0 atom stereocenters. The van der Waals surface area contributed by atoms with Crippen molar-refractivity contribution >= 4 is 13.2 Å². The van der Waals surface area contributed by atoms with Gasteiger partial charge in [-0.05, 0) is 60.8 Å². The Morgan fingerprint density at radius 3 is 1.91 bits per heavy atom. The molecule has 4 heteroatoms. The van der Waals surface area contributed by atoms with Gasteiger partial charge in [0.15, 0.2) is 5.30 Å². The average molecular weight is 341 g/mol. The quantitative estimate of drug-likeness (QED) is 0.647. The molecule has 0 amide bonds. The van der Waals surface area contributed by atoms with Gasteiger partial charge in [-0.25, -0.2) is 0 Å². The van der Waals surface area contributed by atoms with Crippen molar-refractivity contribution in [3.63, 3.8) is 0 Å². The molecule has 1 aromatic carbocycles. The van der Waals surface area contributed by atoms with E-state index in [1.165, 1.54) is 11.1 Å². The fourth-order valence-electron chi connectivity index (χ4n) is 3.25. The van der Waals surface area contributed by atoms with Gasteiger partial charge < -0.3 is 0 Å². The molecule has 23 heavy (non-hydrogen) atoms. The fourth-order valence-corrected chi connectivity index (χ4v) is 4.35. The molecular weight excluding hydrogens is 307 g/mol. The van der Waals surface area contributed by atoms with Gasteiger partial charge >= 0.3 is 7.94 Å². The Hall–Kier alpha value is -0.470. The Labute approximate surface area is 142 Å². The summed E-state index contributed by atoms with van der Waals surface area (Å²) in [6, 6.07) is 1.84. The van der Waals surface area contributed by atoms with Crippen LogP contribution in [0.25, 0.3) is 0 Å². The van der Waals surface area contributed by atoms with E-state index in [4.69, 9.17) is 0 Å². The molecule has 0 aliphatic carbocycles.